The fourth-order valence-electron chi connectivity index (χ4n) is 3.91. The molecule has 1 N–H and O–H groups in total. The van der Waals surface area contributed by atoms with E-state index in [1.54, 1.807) is 0 Å². The molecule has 2 atom stereocenters. The average Bonchev–Trinajstić information content (AvgIpc) is 2.84. The maximum atomic E-state index is 3.68. The Hall–Kier alpha value is -0.0800. The van der Waals surface area contributed by atoms with Gasteiger partial charge in [-0.2, -0.15) is 0 Å². The fraction of sp³-hybridized carbons (Fsp3) is 1.00. The third kappa shape index (κ3) is 3.27. The Morgan fingerprint density at radius 2 is 1.94 bits per heavy atom. The van der Waals surface area contributed by atoms with Crippen molar-refractivity contribution in [3.8, 4) is 0 Å². The molecular formula is C16H30N2. The van der Waals surface area contributed by atoms with Crippen LogP contribution in [-0.2, 0) is 0 Å². The van der Waals surface area contributed by atoms with Crippen LogP contribution in [0.1, 0.15) is 58.8 Å². The van der Waals surface area contributed by atoms with E-state index in [0.717, 1.165) is 18.0 Å². The molecular weight excluding hydrogens is 220 g/mol. The first-order valence-electron chi connectivity index (χ1n) is 8.10. The van der Waals surface area contributed by atoms with Gasteiger partial charge in [0.2, 0.25) is 0 Å². The van der Waals surface area contributed by atoms with Crippen LogP contribution in [0.25, 0.3) is 0 Å². The summed E-state index contributed by atoms with van der Waals surface area (Å²) in [4.78, 5) is 2.86. The summed E-state index contributed by atoms with van der Waals surface area (Å²) >= 11 is 0. The van der Waals surface area contributed by atoms with Crippen LogP contribution in [-0.4, -0.2) is 36.6 Å². The van der Waals surface area contributed by atoms with Gasteiger partial charge in [-0.1, -0.05) is 13.8 Å². The highest BCUT2D eigenvalue weighted by Gasteiger charge is 2.37. The Morgan fingerprint density at radius 3 is 2.50 bits per heavy atom. The van der Waals surface area contributed by atoms with Crippen LogP contribution in [0.5, 0.6) is 0 Å². The Labute approximate surface area is 113 Å². The van der Waals surface area contributed by atoms with E-state index in [1.807, 2.05) is 0 Å². The van der Waals surface area contributed by atoms with E-state index in [0.29, 0.717) is 5.41 Å². The van der Waals surface area contributed by atoms with Gasteiger partial charge in [-0.3, -0.25) is 4.90 Å². The summed E-state index contributed by atoms with van der Waals surface area (Å²) in [5.41, 5.74) is 0.593. The zero-order chi connectivity index (χ0) is 12.6. The van der Waals surface area contributed by atoms with Gasteiger partial charge in [0.15, 0.2) is 0 Å². The van der Waals surface area contributed by atoms with Crippen LogP contribution in [0.15, 0.2) is 0 Å². The molecule has 0 radical (unpaired) electrons. The van der Waals surface area contributed by atoms with Gasteiger partial charge in [-0.25, -0.2) is 0 Å². The third-order valence-corrected chi connectivity index (χ3v) is 5.27. The van der Waals surface area contributed by atoms with Crippen molar-refractivity contribution in [3.63, 3.8) is 0 Å². The van der Waals surface area contributed by atoms with Gasteiger partial charge in [0.1, 0.15) is 0 Å². The number of nitrogens with one attached hydrogen (secondary N) is 1. The van der Waals surface area contributed by atoms with Crippen LogP contribution in [0.3, 0.4) is 0 Å². The van der Waals surface area contributed by atoms with E-state index in [2.05, 4.69) is 24.1 Å². The molecule has 3 aliphatic rings. The molecule has 104 valence electrons. The minimum atomic E-state index is 0.593. The third-order valence-electron chi connectivity index (χ3n) is 5.27. The summed E-state index contributed by atoms with van der Waals surface area (Å²) in [5, 5.41) is 3.68. The Balaban J connectivity index is 1.57. The van der Waals surface area contributed by atoms with E-state index in [-0.39, 0.29) is 0 Å². The molecule has 0 bridgehead atoms. The zero-order valence-electron chi connectivity index (χ0n) is 12.3. The molecule has 2 unspecified atom stereocenters. The van der Waals surface area contributed by atoms with Crippen LogP contribution in [0, 0.1) is 11.3 Å². The second-order valence-electron chi connectivity index (χ2n) is 7.75. The largest absolute Gasteiger partial charge is 0.313 e. The molecule has 2 saturated carbocycles. The Kier molecular flexibility index (Phi) is 3.68. The second-order valence-corrected chi connectivity index (χ2v) is 7.75. The first-order valence-corrected chi connectivity index (χ1v) is 8.10. The number of rotatable bonds is 5. The lowest BCUT2D eigenvalue weighted by molar-refractivity contribution is 0.164. The maximum Gasteiger partial charge on any atom is 0.0195 e. The molecule has 18 heavy (non-hydrogen) atoms. The maximum absolute atomic E-state index is 3.68. The molecule has 3 fully saturated rings. The highest BCUT2D eigenvalue weighted by atomic mass is 15.2. The first-order chi connectivity index (χ1) is 8.62. The van der Waals surface area contributed by atoms with Gasteiger partial charge in [-0.15, -0.1) is 0 Å². The van der Waals surface area contributed by atoms with Crippen LogP contribution < -0.4 is 5.32 Å². The molecule has 0 aromatic heterocycles. The van der Waals surface area contributed by atoms with Gasteiger partial charge in [0, 0.05) is 25.2 Å². The lowest BCUT2D eigenvalue weighted by Crippen LogP contribution is -2.43. The van der Waals surface area contributed by atoms with E-state index in [4.69, 9.17) is 0 Å². The van der Waals surface area contributed by atoms with E-state index in [1.165, 1.54) is 64.6 Å². The predicted octanol–water partition coefficient (Wildman–Crippen LogP) is 3.03. The number of hydrogen-bond donors (Lipinski definition) is 1. The molecule has 1 aliphatic heterocycles. The zero-order valence-corrected chi connectivity index (χ0v) is 12.3. The van der Waals surface area contributed by atoms with Crippen LogP contribution in [0.2, 0.25) is 0 Å². The number of nitrogens with zero attached hydrogens (tertiary/aromatic N) is 1. The van der Waals surface area contributed by atoms with Crippen molar-refractivity contribution in [3.05, 3.63) is 0 Å². The SMILES string of the molecule is CC1(C)CCC(N(CC2CC2)CC2CCCN2)C1. The van der Waals surface area contributed by atoms with Gasteiger partial charge >= 0.3 is 0 Å². The summed E-state index contributed by atoms with van der Waals surface area (Å²) < 4.78 is 0. The summed E-state index contributed by atoms with van der Waals surface area (Å²) in [6.45, 7) is 8.86. The molecule has 2 heteroatoms. The highest BCUT2D eigenvalue weighted by Crippen LogP contribution is 2.41. The molecule has 3 rings (SSSR count). The quantitative estimate of drug-likeness (QED) is 0.807. The molecule has 0 aromatic rings. The average molecular weight is 250 g/mol. The molecule has 0 amide bonds. The van der Waals surface area contributed by atoms with E-state index >= 15 is 0 Å². The lowest BCUT2D eigenvalue weighted by Gasteiger charge is -2.32. The molecule has 0 spiro atoms. The summed E-state index contributed by atoms with van der Waals surface area (Å²) in [7, 11) is 0. The van der Waals surface area contributed by atoms with E-state index in [9.17, 15) is 0 Å². The Bertz CT molecular complexity index is 277. The minimum Gasteiger partial charge on any atom is -0.313 e. The minimum absolute atomic E-state index is 0.593. The van der Waals surface area contributed by atoms with Crippen molar-refractivity contribution in [2.24, 2.45) is 11.3 Å². The van der Waals surface area contributed by atoms with Gasteiger partial charge in [-0.05, 0) is 62.8 Å². The molecule has 2 nitrogen and oxygen atoms in total. The van der Waals surface area contributed by atoms with Crippen molar-refractivity contribution < 1.29 is 0 Å². The smallest absolute Gasteiger partial charge is 0.0195 e. The summed E-state index contributed by atoms with van der Waals surface area (Å²) in [6, 6.07) is 1.66. The van der Waals surface area contributed by atoms with Crippen LogP contribution >= 0.6 is 0 Å². The topological polar surface area (TPSA) is 15.3 Å². The van der Waals surface area contributed by atoms with Gasteiger partial charge in [0.05, 0.1) is 0 Å². The summed E-state index contributed by atoms with van der Waals surface area (Å²) in [5.74, 6) is 1.04. The van der Waals surface area contributed by atoms with Gasteiger partial charge in [0.25, 0.3) is 0 Å². The van der Waals surface area contributed by atoms with Crippen molar-refractivity contribution >= 4 is 0 Å². The fourth-order valence-corrected chi connectivity index (χ4v) is 3.91. The lowest BCUT2D eigenvalue weighted by atomic mass is 9.91. The van der Waals surface area contributed by atoms with Crippen molar-refractivity contribution in [2.45, 2.75) is 70.9 Å². The predicted molar refractivity (Wildman–Crippen MR) is 76.7 cm³/mol. The monoisotopic (exact) mass is 250 g/mol. The molecule has 1 saturated heterocycles. The Morgan fingerprint density at radius 1 is 1.11 bits per heavy atom. The highest BCUT2D eigenvalue weighted by molar-refractivity contribution is 4.92. The van der Waals surface area contributed by atoms with Crippen LogP contribution in [0.4, 0.5) is 0 Å². The first kappa shape index (κ1) is 12.9. The summed E-state index contributed by atoms with van der Waals surface area (Å²) in [6.07, 6.45) is 10.1. The van der Waals surface area contributed by atoms with Crippen molar-refractivity contribution in [2.75, 3.05) is 19.6 Å². The van der Waals surface area contributed by atoms with Crippen molar-refractivity contribution in [1.29, 1.82) is 0 Å². The van der Waals surface area contributed by atoms with Gasteiger partial charge < -0.3 is 5.32 Å². The van der Waals surface area contributed by atoms with E-state index < -0.39 is 0 Å². The van der Waals surface area contributed by atoms with Crippen molar-refractivity contribution in [1.82, 2.24) is 10.2 Å². The standard InChI is InChI=1S/C16H30N2/c1-16(2)8-7-15(10-16)18(11-13-5-6-13)12-14-4-3-9-17-14/h13-15,17H,3-12H2,1-2H3. The molecule has 2 aliphatic carbocycles. The second kappa shape index (κ2) is 5.13. The number of hydrogen-bond acceptors (Lipinski definition) is 2. The molecule has 0 aromatic carbocycles. The normalized spacial score (nSPS) is 35.5. The molecule has 1 heterocycles.